The van der Waals surface area contributed by atoms with Crippen LogP contribution in [0.3, 0.4) is 0 Å². The molecule has 0 unspecified atom stereocenters. The lowest BCUT2D eigenvalue weighted by Crippen LogP contribution is -1.92. The first-order valence-corrected chi connectivity index (χ1v) is 16.6. The van der Waals surface area contributed by atoms with Crippen LogP contribution in [0.15, 0.2) is 134 Å². The molecule has 0 bridgehead atoms. The summed E-state index contributed by atoms with van der Waals surface area (Å²) in [5.74, 6) is 0. The topological polar surface area (TPSA) is 25.8 Å². The summed E-state index contributed by atoms with van der Waals surface area (Å²) in [6.07, 6.45) is 4.02. The highest BCUT2D eigenvalue weighted by molar-refractivity contribution is 5.87. The molecule has 0 saturated carbocycles. The Morgan fingerprint density at radius 1 is 0.333 bits per heavy atom. The van der Waals surface area contributed by atoms with Gasteiger partial charge in [0.25, 0.3) is 0 Å². The van der Waals surface area contributed by atoms with E-state index in [0.717, 1.165) is 44.8 Å². The Morgan fingerprint density at radius 3 is 1.06 bits per heavy atom. The van der Waals surface area contributed by atoms with E-state index in [-0.39, 0.29) is 0 Å². The highest BCUT2D eigenvalue weighted by Gasteiger charge is 2.13. The predicted molar refractivity (Wildman–Crippen MR) is 203 cm³/mol. The quantitative estimate of drug-likeness (QED) is 0.185. The number of aromatic nitrogens is 2. The van der Waals surface area contributed by atoms with Crippen molar-refractivity contribution < 1.29 is 0 Å². The molecule has 0 aliphatic heterocycles. The van der Waals surface area contributed by atoms with Crippen LogP contribution < -0.4 is 0 Å². The monoisotopic (exact) mass is 620 g/mol. The van der Waals surface area contributed by atoms with Crippen LogP contribution in [-0.2, 0) is 0 Å². The van der Waals surface area contributed by atoms with Crippen molar-refractivity contribution in [3.05, 3.63) is 167 Å². The molecule has 2 aromatic heterocycles. The zero-order chi connectivity index (χ0) is 33.4. The fraction of sp³-hybridized carbons (Fsp3) is 0.130. The summed E-state index contributed by atoms with van der Waals surface area (Å²) in [6.45, 7) is 13.0. The van der Waals surface area contributed by atoms with Crippen LogP contribution >= 0.6 is 0 Å². The summed E-state index contributed by atoms with van der Waals surface area (Å²) in [7, 11) is 0. The number of pyridine rings is 2. The third-order valence-electron chi connectivity index (χ3n) is 9.32. The van der Waals surface area contributed by atoms with Gasteiger partial charge in [-0.05, 0) is 121 Å². The molecule has 0 fully saturated rings. The van der Waals surface area contributed by atoms with Crippen LogP contribution in [0.1, 0.15) is 33.4 Å². The number of aryl methyl sites for hydroxylation is 6. The normalized spacial score (nSPS) is 11.1. The van der Waals surface area contributed by atoms with Crippen LogP contribution in [0.5, 0.6) is 0 Å². The number of hydrogen-bond acceptors (Lipinski definition) is 2. The van der Waals surface area contributed by atoms with Crippen LogP contribution in [0.4, 0.5) is 0 Å². The smallest absolute Gasteiger partial charge is 0.0702 e. The Morgan fingerprint density at radius 2 is 0.708 bits per heavy atom. The molecule has 0 radical (unpaired) electrons. The molecule has 7 rings (SSSR count). The van der Waals surface area contributed by atoms with Crippen molar-refractivity contribution in [1.29, 1.82) is 0 Å². The number of benzene rings is 5. The van der Waals surface area contributed by atoms with E-state index in [0.29, 0.717) is 0 Å². The molecule has 2 heterocycles. The fourth-order valence-electron chi connectivity index (χ4n) is 7.37. The molecule has 2 nitrogen and oxygen atoms in total. The van der Waals surface area contributed by atoms with E-state index >= 15 is 0 Å². The minimum atomic E-state index is 0.966. The Hall–Kier alpha value is -5.60. The second kappa shape index (κ2) is 12.9. The minimum Gasteiger partial charge on any atom is -0.256 e. The SMILES string of the molecule is Cc1cc(C)c(-c2ccc(-c3cccc(-c4ccccc4-c4cccc(-c5ccc(-c6c(C)cc(C)cc6C)cn5)c4)c3)nc2)c(C)c1. The van der Waals surface area contributed by atoms with Gasteiger partial charge >= 0.3 is 0 Å². The number of rotatable bonds is 6. The maximum absolute atomic E-state index is 4.92. The molecule has 2 heteroatoms. The molecule has 48 heavy (non-hydrogen) atoms. The predicted octanol–water partition coefficient (Wildman–Crippen LogP) is 12.3. The number of hydrogen-bond donors (Lipinski definition) is 0. The zero-order valence-corrected chi connectivity index (χ0v) is 28.6. The van der Waals surface area contributed by atoms with Gasteiger partial charge in [0.2, 0.25) is 0 Å². The lowest BCUT2D eigenvalue weighted by Gasteiger charge is -2.14. The fourth-order valence-corrected chi connectivity index (χ4v) is 7.37. The van der Waals surface area contributed by atoms with Crippen molar-refractivity contribution in [1.82, 2.24) is 9.97 Å². The van der Waals surface area contributed by atoms with Crippen LogP contribution in [-0.4, -0.2) is 9.97 Å². The van der Waals surface area contributed by atoms with Crippen molar-refractivity contribution >= 4 is 0 Å². The average Bonchev–Trinajstić information content (AvgIpc) is 3.08. The largest absolute Gasteiger partial charge is 0.256 e. The highest BCUT2D eigenvalue weighted by Crippen LogP contribution is 2.36. The molecular formula is C46H40N2. The van der Waals surface area contributed by atoms with Gasteiger partial charge in [-0.1, -0.05) is 108 Å². The second-order valence-electron chi connectivity index (χ2n) is 13.1. The van der Waals surface area contributed by atoms with Gasteiger partial charge < -0.3 is 0 Å². The maximum Gasteiger partial charge on any atom is 0.0702 e. The molecule has 5 aromatic carbocycles. The second-order valence-corrected chi connectivity index (χ2v) is 13.1. The van der Waals surface area contributed by atoms with E-state index in [1.807, 2.05) is 12.4 Å². The molecule has 0 aliphatic rings. The first-order chi connectivity index (χ1) is 23.2. The van der Waals surface area contributed by atoms with Crippen molar-refractivity contribution in [2.24, 2.45) is 0 Å². The molecule has 0 saturated heterocycles. The molecule has 0 amide bonds. The third-order valence-corrected chi connectivity index (χ3v) is 9.32. The van der Waals surface area contributed by atoms with E-state index in [4.69, 9.17) is 9.97 Å². The highest BCUT2D eigenvalue weighted by atomic mass is 14.7. The van der Waals surface area contributed by atoms with Gasteiger partial charge in [-0.15, -0.1) is 0 Å². The first kappa shape index (κ1) is 31.0. The van der Waals surface area contributed by atoms with Gasteiger partial charge in [0.05, 0.1) is 11.4 Å². The molecule has 0 N–H and O–H groups in total. The summed E-state index contributed by atoms with van der Waals surface area (Å²) in [4.78, 5) is 9.84. The van der Waals surface area contributed by atoms with Crippen LogP contribution in [0.2, 0.25) is 0 Å². The Kier molecular flexibility index (Phi) is 8.33. The minimum absolute atomic E-state index is 0.966. The maximum atomic E-state index is 4.92. The van der Waals surface area contributed by atoms with E-state index in [1.165, 1.54) is 55.6 Å². The molecule has 234 valence electrons. The van der Waals surface area contributed by atoms with E-state index < -0.39 is 0 Å². The zero-order valence-electron chi connectivity index (χ0n) is 28.6. The van der Waals surface area contributed by atoms with E-state index in [2.05, 4.69) is 163 Å². The Balaban J connectivity index is 1.19. The summed E-state index contributed by atoms with van der Waals surface area (Å²) >= 11 is 0. The Labute approximate surface area is 284 Å². The van der Waals surface area contributed by atoms with Gasteiger partial charge in [0.1, 0.15) is 0 Å². The summed E-state index contributed by atoms with van der Waals surface area (Å²) in [5, 5.41) is 0. The van der Waals surface area contributed by atoms with Crippen molar-refractivity contribution in [2.45, 2.75) is 41.5 Å². The summed E-state index contributed by atoms with van der Waals surface area (Å²) in [5.41, 5.74) is 21.4. The van der Waals surface area contributed by atoms with Crippen LogP contribution in [0, 0.1) is 41.5 Å². The standard InChI is InChI=1S/C46H40N2/c1-29-21-31(3)45(32(4)22-29)39-17-19-43(47-27-39)37-13-9-11-35(25-37)41-15-7-8-16-42(41)36-12-10-14-38(26-36)44-20-18-40(28-48-44)46-33(5)23-30(2)24-34(46)6/h7-28H,1-6H3. The van der Waals surface area contributed by atoms with Crippen molar-refractivity contribution in [3.63, 3.8) is 0 Å². The van der Waals surface area contributed by atoms with E-state index in [1.54, 1.807) is 0 Å². The third kappa shape index (κ3) is 6.10. The lowest BCUT2D eigenvalue weighted by atomic mass is 9.91. The lowest BCUT2D eigenvalue weighted by molar-refractivity contribution is 1.28. The number of nitrogens with zero attached hydrogens (tertiary/aromatic N) is 2. The van der Waals surface area contributed by atoms with Crippen molar-refractivity contribution in [3.8, 4) is 67.0 Å². The van der Waals surface area contributed by atoms with Gasteiger partial charge in [-0.25, -0.2) is 0 Å². The van der Waals surface area contributed by atoms with Gasteiger partial charge in [0, 0.05) is 34.6 Å². The molecule has 0 atom stereocenters. The Bertz CT molecular complexity index is 2070. The van der Waals surface area contributed by atoms with Gasteiger partial charge in [0.15, 0.2) is 0 Å². The van der Waals surface area contributed by atoms with Crippen molar-refractivity contribution in [2.75, 3.05) is 0 Å². The summed E-state index contributed by atoms with van der Waals surface area (Å²) in [6, 6.07) is 43.7. The van der Waals surface area contributed by atoms with Crippen LogP contribution in [0.25, 0.3) is 67.0 Å². The molecule has 7 aromatic rings. The molecular weight excluding hydrogens is 581 g/mol. The molecule has 0 spiro atoms. The van der Waals surface area contributed by atoms with E-state index in [9.17, 15) is 0 Å². The summed E-state index contributed by atoms with van der Waals surface area (Å²) < 4.78 is 0. The average molecular weight is 621 g/mol. The van der Waals surface area contributed by atoms with Gasteiger partial charge in [-0.2, -0.15) is 0 Å². The first-order valence-electron chi connectivity index (χ1n) is 16.6. The van der Waals surface area contributed by atoms with Gasteiger partial charge in [-0.3, -0.25) is 9.97 Å². The molecule has 0 aliphatic carbocycles.